The second-order valence-corrected chi connectivity index (χ2v) is 6.15. The van der Waals surface area contributed by atoms with Crippen molar-refractivity contribution in [3.05, 3.63) is 20.3 Å². The van der Waals surface area contributed by atoms with E-state index in [9.17, 15) is 0 Å². The normalized spacial score (nSPS) is 13.1. The lowest BCUT2D eigenvalue weighted by atomic mass is 10.1. The maximum Gasteiger partial charge on any atom is 0.0390 e. The molecule has 0 aliphatic heterocycles. The molecule has 1 rings (SSSR count). The molecule has 0 radical (unpaired) electrons. The van der Waals surface area contributed by atoms with E-state index in [1.807, 2.05) is 11.3 Å². The summed E-state index contributed by atoms with van der Waals surface area (Å²) in [5.74, 6) is 0. The fourth-order valence-corrected chi connectivity index (χ4v) is 3.19. The van der Waals surface area contributed by atoms with Crippen molar-refractivity contribution < 1.29 is 0 Å². The number of nitrogens with two attached hydrogens (primary N) is 1. The third-order valence-electron chi connectivity index (χ3n) is 2.61. The molecule has 0 spiro atoms. The van der Waals surface area contributed by atoms with E-state index in [1.165, 1.54) is 39.9 Å². The van der Waals surface area contributed by atoms with Crippen molar-refractivity contribution in [3.63, 3.8) is 0 Å². The summed E-state index contributed by atoms with van der Waals surface area (Å²) in [6, 6.07) is 2.40. The maximum absolute atomic E-state index is 6.15. The summed E-state index contributed by atoms with van der Waals surface area (Å²) in [7, 11) is 0. The summed E-state index contributed by atoms with van der Waals surface area (Å²) in [5.41, 5.74) is 6.15. The van der Waals surface area contributed by atoms with Crippen LogP contribution in [0, 0.1) is 6.92 Å². The molecule has 86 valence electrons. The van der Waals surface area contributed by atoms with Gasteiger partial charge >= 0.3 is 0 Å². The summed E-state index contributed by atoms with van der Waals surface area (Å²) < 4.78 is 1.20. The van der Waals surface area contributed by atoms with Crippen LogP contribution in [0.3, 0.4) is 0 Å². The Bertz CT molecular complexity index is 276. The summed E-state index contributed by atoms with van der Waals surface area (Å²) in [6.45, 7) is 4.36. The highest BCUT2D eigenvalue weighted by molar-refractivity contribution is 9.10. The first-order chi connectivity index (χ1) is 7.15. The van der Waals surface area contributed by atoms with Crippen LogP contribution in [0.1, 0.15) is 54.8 Å². The Labute approximate surface area is 105 Å². The van der Waals surface area contributed by atoms with Gasteiger partial charge in [-0.25, -0.2) is 0 Å². The first-order valence-corrected chi connectivity index (χ1v) is 7.27. The minimum absolute atomic E-state index is 0.233. The summed E-state index contributed by atoms with van der Waals surface area (Å²) >= 11 is 5.35. The molecule has 0 amide bonds. The van der Waals surface area contributed by atoms with Gasteiger partial charge in [0.2, 0.25) is 0 Å². The molecule has 0 fully saturated rings. The van der Waals surface area contributed by atoms with E-state index in [4.69, 9.17) is 5.73 Å². The number of hydrogen-bond donors (Lipinski definition) is 1. The topological polar surface area (TPSA) is 26.0 Å². The van der Waals surface area contributed by atoms with Crippen molar-refractivity contribution in [1.82, 2.24) is 0 Å². The van der Waals surface area contributed by atoms with E-state index in [1.54, 1.807) is 0 Å². The Balaban J connectivity index is 2.36. The molecule has 3 heteroatoms. The number of aryl methyl sites for hydroxylation is 1. The fraction of sp³-hybridized carbons (Fsp3) is 0.667. The quantitative estimate of drug-likeness (QED) is 0.749. The maximum atomic E-state index is 6.15. The van der Waals surface area contributed by atoms with Gasteiger partial charge in [-0.1, -0.05) is 32.6 Å². The zero-order chi connectivity index (χ0) is 11.3. The van der Waals surface area contributed by atoms with E-state index >= 15 is 0 Å². The highest BCUT2D eigenvalue weighted by Gasteiger charge is 2.10. The number of unbranched alkanes of at least 4 members (excludes halogenated alkanes) is 3. The minimum atomic E-state index is 0.233. The molecule has 2 N–H and O–H groups in total. The smallest absolute Gasteiger partial charge is 0.0390 e. The van der Waals surface area contributed by atoms with Gasteiger partial charge in [0, 0.05) is 20.3 Å². The number of halogens is 1. The monoisotopic (exact) mass is 289 g/mol. The predicted molar refractivity (Wildman–Crippen MR) is 72.4 cm³/mol. The first-order valence-electron chi connectivity index (χ1n) is 5.66. The van der Waals surface area contributed by atoms with Crippen molar-refractivity contribution in [1.29, 1.82) is 0 Å². The molecule has 0 bridgehead atoms. The molecule has 0 aliphatic rings. The van der Waals surface area contributed by atoms with Crippen molar-refractivity contribution in [2.45, 2.75) is 52.0 Å². The Kier molecular flexibility index (Phi) is 5.87. The lowest BCUT2D eigenvalue weighted by Crippen LogP contribution is -2.08. The fourth-order valence-electron chi connectivity index (χ4n) is 1.60. The third kappa shape index (κ3) is 4.25. The largest absolute Gasteiger partial charge is 0.323 e. The van der Waals surface area contributed by atoms with Gasteiger partial charge in [0.1, 0.15) is 0 Å². The van der Waals surface area contributed by atoms with E-state index in [0.29, 0.717) is 0 Å². The van der Waals surface area contributed by atoms with Gasteiger partial charge in [-0.15, -0.1) is 11.3 Å². The molecular formula is C12H20BrNS. The predicted octanol–water partition coefficient (Wildman–Crippen LogP) is 4.79. The lowest BCUT2D eigenvalue weighted by Gasteiger charge is -2.08. The molecule has 1 unspecified atom stereocenters. The van der Waals surface area contributed by atoms with Gasteiger partial charge in [0.25, 0.3) is 0 Å². The van der Waals surface area contributed by atoms with E-state index in [-0.39, 0.29) is 6.04 Å². The highest BCUT2D eigenvalue weighted by Crippen LogP contribution is 2.31. The molecule has 0 aromatic carbocycles. The second kappa shape index (κ2) is 6.66. The first kappa shape index (κ1) is 13.2. The molecular weight excluding hydrogens is 270 g/mol. The Hall–Kier alpha value is 0.140. The second-order valence-electron chi connectivity index (χ2n) is 4.01. The summed E-state index contributed by atoms with van der Waals surface area (Å²) in [6.07, 6.45) is 6.31. The van der Waals surface area contributed by atoms with Crippen LogP contribution in [-0.2, 0) is 0 Å². The Morgan fingerprint density at radius 3 is 2.67 bits per heavy atom. The Morgan fingerprint density at radius 2 is 2.13 bits per heavy atom. The van der Waals surface area contributed by atoms with Gasteiger partial charge in [-0.05, 0) is 35.3 Å². The van der Waals surface area contributed by atoms with Crippen LogP contribution < -0.4 is 5.73 Å². The van der Waals surface area contributed by atoms with Crippen molar-refractivity contribution in [3.8, 4) is 0 Å². The van der Waals surface area contributed by atoms with E-state index in [0.717, 1.165) is 6.42 Å². The molecule has 1 heterocycles. The average molecular weight is 290 g/mol. The van der Waals surface area contributed by atoms with Crippen LogP contribution in [0.25, 0.3) is 0 Å². The zero-order valence-electron chi connectivity index (χ0n) is 9.55. The molecule has 1 aromatic rings. The number of hydrogen-bond acceptors (Lipinski definition) is 2. The van der Waals surface area contributed by atoms with Gasteiger partial charge in [-0.3, -0.25) is 0 Å². The van der Waals surface area contributed by atoms with Gasteiger partial charge in [0.15, 0.2) is 0 Å². The third-order valence-corrected chi connectivity index (χ3v) is 4.88. The molecule has 1 atom stereocenters. The minimum Gasteiger partial charge on any atom is -0.323 e. The zero-order valence-corrected chi connectivity index (χ0v) is 12.0. The average Bonchev–Trinajstić information content (AvgIpc) is 2.54. The van der Waals surface area contributed by atoms with Crippen LogP contribution >= 0.6 is 27.3 Å². The van der Waals surface area contributed by atoms with Crippen LogP contribution in [0.5, 0.6) is 0 Å². The Morgan fingerprint density at radius 1 is 1.40 bits per heavy atom. The lowest BCUT2D eigenvalue weighted by molar-refractivity contribution is 0.571. The molecule has 1 nitrogen and oxygen atoms in total. The molecule has 0 aliphatic carbocycles. The summed E-state index contributed by atoms with van der Waals surface area (Å²) in [5, 5.41) is 0. The molecule has 0 saturated heterocycles. The van der Waals surface area contributed by atoms with Crippen molar-refractivity contribution in [2.75, 3.05) is 0 Å². The van der Waals surface area contributed by atoms with Crippen LogP contribution in [0.15, 0.2) is 10.5 Å². The van der Waals surface area contributed by atoms with Crippen molar-refractivity contribution in [2.24, 2.45) is 5.73 Å². The van der Waals surface area contributed by atoms with Crippen LogP contribution in [0.2, 0.25) is 0 Å². The van der Waals surface area contributed by atoms with Crippen LogP contribution in [-0.4, -0.2) is 0 Å². The van der Waals surface area contributed by atoms with E-state index in [2.05, 4.69) is 35.8 Å². The van der Waals surface area contributed by atoms with Gasteiger partial charge in [0.05, 0.1) is 0 Å². The van der Waals surface area contributed by atoms with Crippen molar-refractivity contribution >= 4 is 27.3 Å². The van der Waals surface area contributed by atoms with Crippen LogP contribution in [0.4, 0.5) is 0 Å². The molecule has 0 saturated carbocycles. The SMILES string of the molecule is CCCCCCC(N)c1cc(Br)c(C)s1. The highest BCUT2D eigenvalue weighted by atomic mass is 79.9. The number of rotatable bonds is 6. The molecule has 1 aromatic heterocycles. The number of thiophene rings is 1. The van der Waals surface area contributed by atoms with Gasteiger partial charge in [-0.2, -0.15) is 0 Å². The van der Waals surface area contributed by atoms with E-state index < -0.39 is 0 Å². The standard InChI is InChI=1S/C12H20BrNS/c1-3-4-5-6-7-11(14)12-8-10(13)9(2)15-12/h8,11H,3-7,14H2,1-2H3. The summed E-state index contributed by atoms with van der Waals surface area (Å²) in [4.78, 5) is 2.64. The molecule has 15 heavy (non-hydrogen) atoms. The van der Waals surface area contributed by atoms with Gasteiger partial charge < -0.3 is 5.73 Å².